The van der Waals surface area contributed by atoms with E-state index in [1.807, 2.05) is 0 Å². The first-order valence-electron chi connectivity index (χ1n) is 10.0. The molecule has 1 aromatic carbocycles. The van der Waals surface area contributed by atoms with Crippen LogP contribution in [0.2, 0.25) is 0 Å². The number of aliphatic imine (C=N–C) groups is 1. The Morgan fingerprint density at radius 2 is 2.11 bits per heavy atom. The molecular weight excluding hydrogens is 469 g/mol. The third-order valence-corrected chi connectivity index (χ3v) is 6.83. The number of rotatable bonds is 5. The number of hydrogen-bond donors (Lipinski definition) is 1. The Balaban J connectivity index is 0.00000261. The van der Waals surface area contributed by atoms with Crippen LogP contribution in [0.4, 0.5) is 0 Å². The number of nitrogens with one attached hydrogen (secondary N) is 1. The number of benzene rings is 1. The SMILES string of the molecule is CCNC(=NCC1CCOC1c1ccccc1)N1CCSC(C(C)C)C1.I. The van der Waals surface area contributed by atoms with Crippen molar-refractivity contribution in [3.63, 3.8) is 0 Å². The van der Waals surface area contributed by atoms with Gasteiger partial charge in [-0.2, -0.15) is 11.8 Å². The van der Waals surface area contributed by atoms with Crippen molar-refractivity contribution in [3.05, 3.63) is 35.9 Å². The predicted octanol–water partition coefficient (Wildman–Crippen LogP) is 4.42. The minimum Gasteiger partial charge on any atom is -0.373 e. The van der Waals surface area contributed by atoms with E-state index in [1.54, 1.807) is 0 Å². The fourth-order valence-corrected chi connectivity index (χ4v) is 5.03. The summed E-state index contributed by atoms with van der Waals surface area (Å²) in [5, 5.41) is 4.21. The van der Waals surface area contributed by atoms with E-state index in [1.165, 1.54) is 11.3 Å². The van der Waals surface area contributed by atoms with Crippen LogP contribution in [0.25, 0.3) is 0 Å². The molecule has 2 fully saturated rings. The maximum Gasteiger partial charge on any atom is 0.193 e. The quantitative estimate of drug-likeness (QED) is 0.367. The molecule has 4 nitrogen and oxygen atoms in total. The third kappa shape index (κ3) is 6.26. The van der Waals surface area contributed by atoms with Gasteiger partial charge in [0.15, 0.2) is 5.96 Å². The highest BCUT2D eigenvalue weighted by Gasteiger charge is 2.30. The number of guanidine groups is 1. The number of thioether (sulfide) groups is 1. The Labute approximate surface area is 185 Å². The first kappa shape index (κ1) is 22.8. The van der Waals surface area contributed by atoms with Gasteiger partial charge in [-0.3, -0.25) is 4.99 Å². The van der Waals surface area contributed by atoms with Gasteiger partial charge in [-0.25, -0.2) is 0 Å². The van der Waals surface area contributed by atoms with Crippen molar-refractivity contribution in [2.75, 3.05) is 38.5 Å². The zero-order chi connectivity index (χ0) is 18.4. The van der Waals surface area contributed by atoms with Crippen LogP contribution >= 0.6 is 35.7 Å². The Hall–Kier alpha value is -0.470. The summed E-state index contributed by atoms with van der Waals surface area (Å²) < 4.78 is 6.03. The molecule has 0 aromatic heterocycles. The molecule has 1 N–H and O–H groups in total. The van der Waals surface area contributed by atoms with Crippen LogP contribution in [-0.2, 0) is 4.74 Å². The standard InChI is InChI=1S/C21H33N3OS.HI/c1-4-22-21(24-11-13-26-19(15-24)16(2)3)23-14-18-10-12-25-20(18)17-8-6-5-7-9-17;/h5-9,16,18-20H,4,10-15H2,1-3H3,(H,22,23);1H. The second kappa shape index (κ2) is 11.5. The lowest BCUT2D eigenvalue weighted by Gasteiger charge is -2.36. The minimum atomic E-state index is 0. The lowest BCUT2D eigenvalue weighted by atomic mass is 9.95. The second-order valence-corrected chi connectivity index (χ2v) is 8.89. The molecular formula is C21H34IN3OS. The van der Waals surface area contributed by atoms with Crippen LogP contribution in [-0.4, -0.2) is 54.6 Å². The molecule has 0 radical (unpaired) electrons. The van der Waals surface area contributed by atoms with Crippen molar-refractivity contribution in [1.82, 2.24) is 10.2 Å². The summed E-state index contributed by atoms with van der Waals surface area (Å²) in [6.45, 7) is 11.6. The van der Waals surface area contributed by atoms with Crippen LogP contribution in [0.15, 0.2) is 35.3 Å². The summed E-state index contributed by atoms with van der Waals surface area (Å²) in [6, 6.07) is 10.6. The number of nitrogens with zero attached hydrogens (tertiary/aromatic N) is 2. The van der Waals surface area contributed by atoms with Gasteiger partial charge in [-0.1, -0.05) is 44.2 Å². The molecule has 1 aromatic rings. The number of halogens is 1. The van der Waals surface area contributed by atoms with Crippen LogP contribution < -0.4 is 5.32 Å². The van der Waals surface area contributed by atoms with Crippen LogP contribution in [0.1, 0.15) is 38.9 Å². The highest BCUT2D eigenvalue weighted by atomic mass is 127. The first-order valence-corrected chi connectivity index (χ1v) is 11.0. The van der Waals surface area contributed by atoms with Crippen molar-refractivity contribution in [2.24, 2.45) is 16.8 Å². The van der Waals surface area contributed by atoms with Gasteiger partial charge >= 0.3 is 0 Å². The Bertz CT molecular complexity index is 584. The number of hydrogen-bond acceptors (Lipinski definition) is 3. The third-order valence-electron chi connectivity index (χ3n) is 5.29. The van der Waals surface area contributed by atoms with Crippen molar-refractivity contribution in [2.45, 2.75) is 38.5 Å². The fraction of sp³-hybridized carbons (Fsp3) is 0.667. The Morgan fingerprint density at radius 1 is 1.33 bits per heavy atom. The molecule has 3 unspecified atom stereocenters. The molecule has 0 amide bonds. The van der Waals surface area contributed by atoms with E-state index in [0.717, 1.165) is 45.2 Å². The molecule has 6 heteroatoms. The summed E-state index contributed by atoms with van der Waals surface area (Å²) in [6.07, 6.45) is 1.27. The van der Waals surface area contributed by atoms with Gasteiger partial charge in [0.1, 0.15) is 0 Å². The maximum atomic E-state index is 6.03. The molecule has 0 bridgehead atoms. The largest absolute Gasteiger partial charge is 0.373 e. The zero-order valence-electron chi connectivity index (χ0n) is 16.8. The number of ether oxygens (including phenoxy) is 1. The van der Waals surface area contributed by atoms with Gasteiger partial charge in [-0.15, -0.1) is 24.0 Å². The normalized spacial score (nSPS) is 26.1. The lowest BCUT2D eigenvalue weighted by molar-refractivity contribution is 0.0925. The fourth-order valence-electron chi connectivity index (χ4n) is 3.73. The minimum absolute atomic E-state index is 0. The summed E-state index contributed by atoms with van der Waals surface area (Å²) in [4.78, 5) is 7.49. The Kier molecular flexibility index (Phi) is 9.73. The predicted molar refractivity (Wildman–Crippen MR) is 127 cm³/mol. The van der Waals surface area contributed by atoms with Gasteiger partial charge in [0, 0.05) is 49.7 Å². The van der Waals surface area contributed by atoms with E-state index < -0.39 is 0 Å². The van der Waals surface area contributed by atoms with E-state index >= 15 is 0 Å². The topological polar surface area (TPSA) is 36.9 Å². The molecule has 0 spiro atoms. The van der Waals surface area contributed by atoms with Gasteiger partial charge in [0.2, 0.25) is 0 Å². The highest BCUT2D eigenvalue weighted by molar-refractivity contribution is 14.0. The van der Waals surface area contributed by atoms with Gasteiger partial charge < -0.3 is 15.0 Å². The van der Waals surface area contributed by atoms with Crippen molar-refractivity contribution >= 4 is 41.7 Å². The Morgan fingerprint density at radius 3 is 2.81 bits per heavy atom. The van der Waals surface area contributed by atoms with Crippen molar-refractivity contribution in [1.29, 1.82) is 0 Å². The molecule has 2 saturated heterocycles. The van der Waals surface area contributed by atoms with E-state index in [0.29, 0.717) is 17.1 Å². The molecule has 0 aliphatic carbocycles. The molecule has 2 heterocycles. The summed E-state index contributed by atoms with van der Waals surface area (Å²) >= 11 is 2.11. The molecule has 27 heavy (non-hydrogen) atoms. The smallest absolute Gasteiger partial charge is 0.193 e. The molecule has 0 saturated carbocycles. The maximum absolute atomic E-state index is 6.03. The van der Waals surface area contributed by atoms with E-state index in [9.17, 15) is 0 Å². The van der Waals surface area contributed by atoms with Gasteiger partial charge in [-0.05, 0) is 24.8 Å². The van der Waals surface area contributed by atoms with E-state index in [-0.39, 0.29) is 30.1 Å². The van der Waals surface area contributed by atoms with Crippen molar-refractivity contribution in [3.8, 4) is 0 Å². The summed E-state index contributed by atoms with van der Waals surface area (Å²) in [5.41, 5.74) is 1.28. The van der Waals surface area contributed by atoms with E-state index in [2.05, 4.69) is 73.1 Å². The summed E-state index contributed by atoms with van der Waals surface area (Å²) in [7, 11) is 0. The van der Waals surface area contributed by atoms with E-state index in [4.69, 9.17) is 9.73 Å². The summed E-state index contributed by atoms with van der Waals surface area (Å²) in [5.74, 6) is 3.44. The molecule has 152 valence electrons. The van der Waals surface area contributed by atoms with Gasteiger partial charge in [0.25, 0.3) is 0 Å². The second-order valence-electron chi connectivity index (χ2n) is 7.54. The van der Waals surface area contributed by atoms with Crippen LogP contribution in [0.3, 0.4) is 0 Å². The highest BCUT2D eigenvalue weighted by Crippen LogP contribution is 2.34. The average Bonchev–Trinajstić information content (AvgIpc) is 3.14. The first-order chi connectivity index (χ1) is 12.7. The van der Waals surface area contributed by atoms with Crippen LogP contribution in [0, 0.1) is 11.8 Å². The average molecular weight is 503 g/mol. The molecule has 3 atom stereocenters. The van der Waals surface area contributed by atoms with Gasteiger partial charge in [0.05, 0.1) is 6.10 Å². The lowest BCUT2D eigenvalue weighted by Crippen LogP contribution is -2.49. The molecule has 3 rings (SSSR count). The molecule has 2 aliphatic rings. The zero-order valence-corrected chi connectivity index (χ0v) is 19.9. The van der Waals surface area contributed by atoms with Crippen LogP contribution in [0.5, 0.6) is 0 Å². The van der Waals surface area contributed by atoms with Crippen molar-refractivity contribution < 1.29 is 4.74 Å². The molecule has 2 aliphatic heterocycles. The monoisotopic (exact) mass is 503 g/mol.